The second kappa shape index (κ2) is 7.32. The minimum Gasteiger partial charge on any atom is -0.456 e. The Morgan fingerprint density at radius 2 is 2.23 bits per heavy atom. The summed E-state index contributed by atoms with van der Waals surface area (Å²) < 4.78 is 16.5. The zero-order valence-corrected chi connectivity index (χ0v) is 16.6. The molecule has 0 saturated heterocycles. The van der Waals surface area contributed by atoms with Gasteiger partial charge in [-0.3, -0.25) is 0 Å². The van der Waals surface area contributed by atoms with E-state index < -0.39 is 18.0 Å². The number of hydrogen-bond acceptors (Lipinski definition) is 7. The smallest absolute Gasteiger partial charge is 0.456 e. The Morgan fingerprint density at radius 1 is 1.50 bits per heavy atom. The first-order valence-electron chi connectivity index (χ1n) is 8.34. The van der Waals surface area contributed by atoms with Gasteiger partial charge in [0, 0.05) is 6.54 Å². The third kappa shape index (κ3) is 3.21. The van der Waals surface area contributed by atoms with Crippen molar-refractivity contribution in [2.45, 2.75) is 39.7 Å². The predicted octanol–water partition coefficient (Wildman–Crippen LogP) is 4.42. The van der Waals surface area contributed by atoms with Gasteiger partial charge in [-0.25, -0.2) is 9.59 Å². The lowest BCUT2D eigenvalue weighted by atomic mass is 9.86. The van der Waals surface area contributed by atoms with E-state index in [0.29, 0.717) is 27.8 Å². The molecule has 0 fully saturated rings. The van der Waals surface area contributed by atoms with Crippen molar-refractivity contribution in [2.24, 2.45) is 0 Å². The van der Waals surface area contributed by atoms with E-state index in [1.54, 1.807) is 13.8 Å². The molecular weight excluding hydrogens is 378 g/mol. The number of esters is 1. The van der Waals surface area contributed by atoms with Gasteiger partial charge in [-0.15, -0.1) is 11.3 Å². The van der Waals surface area contributed by atoms with E-state index in [9.17, 15) is 9.59 Å². The zero-order valence-electron chi connectivity index (χ0n) is 15.0. The van der Waals surface area contributed by atoms with E-state index in [4.69, 9.17) is 25.8 Å². The highest BCUT2D eigenvalue weighted by Gasteiger charge is 2.44. The van der Waals surface area contributed by atoms with E-state index >= 15 is 0 Å². The van der Waals surface area contributed by atoms with Gasteiger partial charge in [-0.1, -0.05) is 11.6 Å². The van der Waals surface area contributed by atoms with Gasteiger partial charge in [-0.2, -0.15) is 0 Å². The molecule has 3 heterocycles. The Kier molecular flexibility index (Phi) is 5.29. The van der Waals surface area contributed by atoms with Gasteiger partial charge < -0.3 is 19.1 Å². The second-order valence-electron chi connectivity index (χ2n) is 6.23. The highest BCUT2D eigenvalue weighted by molar-refractivity contribution is 7.14. The summed E-state index contributed by atoms with van der Waals surface area (Å²) in [6, 6.07) is 1.83. The van der Waals surface area contributed by atoms with Gasteiger partial charge in [0.25, 0.3) is 0 Å². The Labute approximate surface area is 161 Å². The second-order valence-corrected chi connectivity index (χ2v) is 7.75. The molecule has 140 valence electrons. The Morgan fingerprint density at radius 3 is 2.81 bits per heavy atom. The highest BCUT2D eigenvalue weighted by Crippen LogP contribution is 2.47. The summed E-state index contributed by atoms with van der Waals surface area (Å²) in [6.45, 7) is 8.09. The molecule has 0 N–H and O–H groups in total. The quantitative estimate of drug-likeness (QED) is 0.700. The molecule has 0 saturated carbocycles. The average Bonchev–Trinajstić information content (AvgIpc) is 3.14. The molecule has 0 aliphatic carbocycles. The number of ether oxygens (including phenoxy) is 3. The van der Waals surface area contributed by atoms with Gasteiger partial charge in [0.15, 0.2) is 0 Å². The number of carbonyl (C=O) groups is 2. The maximum atomic E-state index is 12.5. The molecule has 26 heavy (non-hydrogen) atoms. The van der Waals surface area contributed by atoms with Crippen molar-refractivity contribution in [2.75, 3.05) is 13.2 Å². The molecule has 8 heteroatoms. The lowest BCUT2D eigenvalue weighted by Crippen LogP contribution is -2.32. The van der Waals surface area contributed by atoms with Crippen molar-refractivity contribution >= 4 is 35.1 Å². The summed E-state index contributed by atoms with van der Waals surface area (Å²) in [6.07, 6.45) is -1.12. The van der Waals surface area contributed by atoms with E-state index in [-0.39, 0.29) is 12.7 Å². The topological polar surface area (TPSA) is 65.1 Å². The van der Waals surface area contributed by atoms with Crippen LogP contribution in [0.1, 0.15) is 39.2 Å². The first-order chi connectivity index (χ1) is 12.3. The van der Waals surface area contributed by atoms with Crippen molar-refractivity contribution in [3.8, 4) is 0 Å². The minimum absolute atomic E-state index is 0.196. The SMILES string of the molecule is CCN1C(C)=C(OC(=O)OC(C)C)C(c2ccsc2Cl)C2=C1COC2=O. The highest BCUT2D eigenvalue weighted by atomic mass is 35.5. The molecule has 1 unspecified atom stereocenters. The maximum Gasteiger partial charge on any atom is 0.513 e. The van der Waals surface area contributed by atoms with Crippen LogP contribution in [0, 0.1) is 0 Å². The molecule has 0 aromatic carbocycles. The minimum atomic E-state index is -0.808. The summed E-state index contributed by atoms with van der Waals surface area (Å²) in [7, 11) is 0. The monoisotopic (exact) mass is 397 g/mol. The molecule has 0 radical (unpaired) electrons. The summed E-state index contributed by atoms with van der Waals surface area (Å²) in [5.41, 5.74) is 2.69. The van der Waals surface area contributed by atoms with Crippen molar-refractivity contribution in [1.82, 2.24) is 4.90 Å². The van der Waals surface area contributed by atoms with Crippen LogP contribution in [-0.2, 0) is 19.0 Å². The summed E-state index contributed by atoms with van der Waals surface area (Å²) in [5, 5.41) is 1.84. The molecular formula is C18H20ClNO5S. The van der Waals surface area contributed by atoms with Crippen LogP contribution in [0.15, 0.2) is 34.2 Å². The fourth-order valence-electron chi connectivity index (χ4n) is 3.26. The third-order valence-corrected chi connectivity index (χ3v) is 5.51. The van der Waals surface area contributed by atoms with Crippen LogP contribution in [0.2, 0.25) is 4.34 Å². The van der Waals surface area contributed by atoms with Gasteiger partial charge in [-0.05, 0) is 44.7 Å². The van der Waals surface area contributed by atoms with E-state index in [2.05, 4.69) is 0 Å². The van der Waals surface area contributed by atoms with E-state index in [0.717, 1.165) is 11.4 Å². The Balaban J connectivity index is 2.10. The largest absolute Gasteiger partial charge is 0.513 e. The predicted molar refractivity (Wildman–Crippen MR) is 97.8 cm³/mol. The number of nitrogens with zero attached hydrogens (tertiary/aromatic N) is 1. The van der Waals surface area contributed by atoms with Crippen LogP contribution in [0.3, 0.4) is 0 Å². The summed E-state index contributed by atoms with van der Waals surface area (Å²) >= 11 is 7.71. The van der Waals surface area contributed by atoms with Gasteiger partial charge >= 0.3 is 12.1 Å². The van der Waals surface area contributed by atoms with Crippen molar-refractivity contribution in [3.05, 3.63) is 44.1 Å². The molecule has 1 aromatic rings. The summed E-state index contributed by atoms with van der Waals surface area (Å²) in [4.78, 5) is 26.6. The van der Waals surface area contributed by atoms with Crippen LogP contribution in [0.25, 0.3) is 0 Å². The standard InChI is InChI=1S/C18H20ClNO5S/c1-5-20-10(4)15(25-18(22)24-9(2)3)13(11-6-7-26-16(11)19)14-12(20)8-23-17(14)21/h6-7,9,13H,5,8H2,1-4H3. The zero-order chi connectivity index (χ0) is 19.0. The van der Waals surface area contributed by atoms with Gasteiger partial charge in [0.2, 0.25) is 0 Å². The number of cyclic esters (lactones) is 1. The molecule has 0 amide bonds. The number of carbonyl (C=O) groups excluding carboxylic acids is 2. The molecule has 2 aliphatic rings. The van der Waals surface area contributed by atoms with Crippen LogP contribution in [-0.4, -0.2) is 36.3 Å². The molecule has 1 atom stereocenters. The number of rotatable bonds is 4. The Bertz CT molecular complexity index is 810. The maximum absolute atomic E-state index is 12.5. The number of thiophene rings is 1. The van der Waals surface area contributed by atoms with Gasteiger partial charge in [0.1, 0.15) is 12.4 Å². The number of hydrogen-bond donors (Lipinski definition) is 0. The first-order valence-corrected chi connectivity index (χ1v) is 9.60. The van der Waals surface area contributed by atoms with Crippen LogP contribution in [0.5, 0.6) is 0 Å². The van der Waals surface area contributed by atoms with E-state index in [1.807, 2.05) is 30.2 Å². The third-order valence-electron chi connectivity index (χ3n) is 4.31. The van der Waals surface area contributed by atoms with Crippen molar-refractivity contribution in [3.63, 3.8) is 0 Å². The lowest BCUT2D eigenvalue weighted by Gasteiger charge is -2.34. The Hall–Kier alpha value is -1.99. The van der Waals surface area contributed by atoms with Crippen molar-refractivity contribution in [1.29, 1.82) is 0 Å². The molecule has 6 nitrogen and oxygen atoms in total. The molecule has 1 aromatic heterocycles. The number of halogens is 1. The fourth-order valence-corrected chi connectivity index (χ4v) is 4.25. The van der Waals surface area contributed by atoms with Crippen LogP contribution < -0.4 is 0 Å². The number of likely N-dealkylation sites (N-methyl/N-ethyl adjacent to an activating group) is 1. The number of allylic oxidation sites excluding steroid dienone is 2. The van der Waals surface area contributed by atoms with E-state index in [1.165, 1.54) is 11.3 Å². The molecule has 0 bridgehead atoms. The lowest BCUT2D eigenvalue weighted by molar-refractivity contribution is -0.136. The summed E-state index contributed by atoms with van der Waals surface area (Å²) in [5.74, 6) is -0.673. The average molecular weight is 398 g/mol. The normalized spacial score (nSPS) is 19.8. The molecule has 3 rings (SSSR count). The van der Waals surface area contributed by atoms with Crippen LogP contribution >= 0.6 is 22.9 Å². The molecule has 0 spiro atoms. The van der Waals surface area contributed by atoms with Crippen LogP contribution in [0.4, 0.5) is 4.79 Å². The molecule has 2 aliphatic heterocycles. The van der Waals surface area contributed by atoms with Gasteiger partial charge in [0.05, 0.1) is 33.3 Å². The van der Waals surface area contributed by atoms with Crippen molar-refractivity contribution < 1.29 is 23.8 Å². The fraction of sp³-hybridized carbons (Fsp3) is 0.444. The first kappa shape index (κ1) is 18.8.